The van der Waals surface area contributed by atoms with Crippen LogP contribution in [0.4, 0.5) is 0 Å². The van der Waals surface area contributed by atoms with Crippen LogP contribution in [-0.2, 0) is 11.3 Å². The molecule has 1 unspecified atom stereocenters. The molecule has 1 atom stereocenters. The van der Waals surface area contributed by atoms with Gasteiger partial charge in [-0.05, 0) is 24.8 Å². The zero-order valence-corrected chi connectivity index (χ0v) is 9.84. The van der Waals surface area contributed by atoms with Crippen molar-refractivity contribution < 1.29 is 4.79 Å². The van der Waals surface area contributed by atoms with E-state index >= 15 is 0 Å². The molecule has 1 aliphatic rings. The van der Waals surface area contributed by atoms with Gasteiger partial charge in [-0.1, -0.05) is 36.4 Å². The van der Waals surface area contributed by atoms with Crippen molar-refractivity contribution in [1.29, 1.82) is 0 Å². The van der Waals surface area contributed by atoms with E-state index in [2.05, 4.69) is 17.0 Å². The number of carbonyl (C=O) groups excluding carboxylic acids is 1. The third kappa shape index (κ3) is 2.56. The Morgan fingerprint density at radius 3 is 2.71 bits per heavy atom. The summed E-state index contributed by atoms with van der Waals surface area (Å²) in [4.78, 5) is 13.4. The molecule has 0 saturated carbocycles. The number of allylic oxidation sites excluding steroid dienone is 2. The molecule has 1 aliphatic heterocycles. The lowest BCUT2D eigenvalue weighted by molar-refractivity contribution is -0.115. The van der Waals surface area contributed by atoms with E-state index in [-0.39, 0.29) is 11.9 Å². The standard InChI is InChI=1S/C14H16N2O/c1-11-13(14(15)17)8-5-9-16(11)10-12-6-3-2-4-7-12/h2-9,11H,10H2,1H3,(H2,15,17). The van der Waals surface area contributed by atoms with Crippen LogP contribution in [0.3, 0.4) is 0 Å². The minimum atomic E-state index is -0.347. The van der Waals surface area contributed by atoms with Gasteiger partial charge < -0.3 is 10.6 Å². The topological polar surface area (TPSA) is 46.3 Å². The summed E-state index contributed by atoms with van der Waals surface area (Å²) in [6.45, 7) is 2.77. The average Bonchev–Trinajstić information content (AvgIpc) is 2.33. The van der Waals surface area contributed by atoms with E-state index in [4.69, 9.17) is 5.73 Å². The van der Waals surface area contributed by atoms with Crippen LogP contribution >= 0.6 is 0 Å². The van der Waals surface area contributed by atoms with Crippen LogP contribution in [0.5, 0.6) is 0 Å². The number of carbonyl (C=O) groups is 1. The summed E-state index contributed by atoms with van der Waals surface area (Å²) >= 11 is 0. The minimum absolute atomic E-state index is 0.0257. The van der Waals surface area contributed by atoms with Gasteiger partial charge in [-0.3, -0.25) is 4.79 Å². The van der Waals surface area contributed by atoms with Crippen LogP contribution in [0.25, 0.3) is 0 Å². The van der Waals surface area contributed by atoms with Gasteiger partial charge in [0.2, 0.25) is 5.91 Å². The van der Waals surface area contributed by atoms with E-state index in [1.807, 2.05) is 37.4 Å². The summed E-state index contributed by atoms with van der Waals surface area (Å²) in [5.74, 6) is -0.347. The summed E-state index contributed by atoms with van der Waals surface area (Å²) < 4.78 is 0. The largest absolute Gasteiger partial charge is 0.366 e. The Bertz CT molecular complexity index is 462. The van der Waals surface area contributed by atoms with E-state index in [0.29, 0.717) is 5.57 Å². The monoisotopic (exact) mass is 228 g/mol. The fraction of sp³-hybridized carbons (Fsp3) is 0.214. The zero-order chi connectivity index (χ0) is 12.3. The normalized spacial score (nSPS) is 19.0. The summed E-state index contributed by atoms with van der Waals surface area (Å²) in [6, 6.07) is 10.2. The summed E-state index contributed by atoms with van der Waals surface area (Å²) in [5, 5.41) is 0. The van der Waals surface area contributed by atoms with Gasteiger partial charge in [-0.25, -0.2) is 0 Å². The number of hydrogen-bond acceptors (Lipinski definition) is 2. The second-order valence-electron chi connectivity index (χ2n) is 4.16. The second kappa shape index (κ2) is 4.87. The maximum Gasteiger partial charge on any atom is 0.246 e. The van der Waals surface area contributed by atoms with Gasteiger partial charge in [0.15, 0.2) is 0 Å². The molecule has 3 heteroatoms. The third-order valence-electron chi connectivity index (χ3n) is 2.99. The van der Waals surface area contributed by atoms with Crippen molar-refractivity contribution in [3.63, 3.8) is 0 Å². The highest BCUT2D eigenvalue weighted by atomic mass is 16.1. The molecule has 0 aromatic heterocycles. The number of rotatable bonds is 3. The molecule has 17 heavy (non-hydrogen) atoms. The van der Waals surface area contributed by atoms with Gasteiger partial charge in [-0.2, -0.15) is 0 Å². The lowest BCUT2D eigenvalue weighted by Crippen LogP contribution is -2.36. The molecule has 0 aliphatic carbocycles. The highest BCUT2D eigenvalue weighted by Crippen LogP contribution is 2.18. The van der Waals surface area contributed by atoms with Gasteiger partial charge in [0, 0.05) is 12.1 Å². The van der Waals surface area contributed by atoms with E-state index in [0.717, 1.165) is 6.54 Å². The molecule has 1 aromatic carbocycles. The van der Waals surface area contributed by atoms with Crippen LogP contribution in [0.2, 0.25) is 0 Å². The first-order valence-electron chi connectivity index (χ1n) is 5.66. The van der Waals surface area contributed by atoms with Gasteiger partial charge in [0.05, 0.1) is 6.04 Å². The van der Waals surface area contributed by atoms with Gasteiger partial charge in [0.1, 0.15) is 0 Å². The molecule has 1 amide bonds. The first-order valence-corrected chi connectivity index (χ1v) is 5.66. The average molecular weight is 228 g/mol. The zero-order valence-electron chi connectivity index (χ0n) is 9.84. The quantitative estimate of drug-likeness (QED) is 0.857. The molecule has 0 fully saturated rings. The molecule has 0 spiro atoms. The molecule has 1 heterocycles. The summed E-state index contributed by atoms with van der Waals surface area (Å²) in [5.41, 5.74) is 7.22. The van der Waals surface area contributed by atoms with Crippen molar-refractivity contribution in [2.24, 2.45) is 5.73 Å². The molecule has 2 rings (SSSR count). The van der Waals surface area contributed by atoms with E-state index in [1.54, 1.807) is 6.08 Å². The Morgan fingerprint density at radius 1 is 1.35 bits per heavy atom. The van der Waals surface area contributed by atoms with Gasteiger partial charge in [-0.15, -0.1) is 0 Å². The van der Waals surface area contributed by atoms with Gasteiger partial charge in [0.25, 0.3) is 0 Å². The minimum Gasteiger partial charge on any atom is -0.366 e. The molecule has 0 saturated heterocycles. The first-order chi connectivity index (χ1) is 8.18. The predicted octanol–water partition coefficient (Wildman–Crippen LogP) is 1.82. The molecule has 0 radical (unpaired) electrons. The summed E-state index contributed by atoms with van der Waals surface area (Å²) in [6.07, 6.45) is 5.64. The molecule has 1 aromatic rings. The highest BCUT2D eigenvalue weighted by Gasteiger charge is 2.21. The van der Waals surface area contributed by atoms with E-state index in [9.17, 15) is 4.79 Å². The number of hydrogen-bond donors (Lipinski definition) is 1. The molecular weight excluding hydrogens is 212 g/mol. The maximum atomic E-state index is 11.3. The van der Waals surface area contributed by atoms with Crippen molar-refractivity contribution in [3.8, 4) is 0 Å². The number of benzene rings is 1. The third-order valence-corrected chi connectivity index (χ3v) is 2.99. The fourth-order valence-corrected chi connectivity index (χ4v) is 1.98. The number of amides is 1. The van der Waals surface area contributed by atoms with E-state index in [1.165, 1.54) is 5.56 Å². The molecule has 0 bridgehead atoms. The number of nitrogens with zero attached hydrogens (tertiary/aromatic N) is 1. The van der Waals surface area contributed by atoms with Crippen molar-refractivity contribution in [2.45, 2.75) is 19.5 Å². The predicted molar refractivity (Wildman–Crippen MR) is 67.9 cm³/mol. The lowest BCUT2D eigenvalue weighted by Gasteiger charge is -2.31. The Kier molecular flexibility index (Phi) is 3.28. The maximum absolute atomic E-state index is 11.3. The molecule has 88 valence electrons. The Hall–Kier alpha value is -2.03. The molecule has 3 nitrogen and oxygen atoms in total. The van der Waals surface area contributed by atoms with Crippen molar-refractivity contribution in [1.82, 2.24) is 4.90 Å². The number of primary amides is 1. The second-order valence-corrected chi connectivity index (χ2v) is 4.16. The SMILES string of the molecule is CC1C(C(N)=O)=CC=CN1Cc1ccccc1. The Labute approximate surface area is 101 Å². The Morgan fingerprint density at radius 2 is 2.06 bits per heavy atom. The summed E-state index contributed by atoms with van der Waals surface area (Å²) in [7, 11) is 0. The van der Waals surface area contributed by atoms with Crippen LogP contribution in [0.1, 0.15) is 12.5 Å². The number of nitrogens with two attached hydrogens (primary N) is 1. The van der Waals surface area contributed by atoms with Gasteiger partial charge >= 0.3 is 0 Å². The van der Waals surface area contributed by atoms with Crippen molar-refractivity contribution >= 4 is 5.91 Å². The highest BCUT2D eigenvalue weighted by molar-refractivity contribution is 5.93. The molecule has 2 N–H and O–H groups in total. The smallest absolute Gasteiger partial charge is 0.246 e. The van der Waals surface area contributed by atoms with Crippen LogP contribution in [-0.4, -0.2) is 16.8 Å². The van der Waals surface area contributed by atoms with E-state index < -0.39 is 0 Å². The van der Waals surface area contributed by atoms with Crippen LogP contribution in [0.15, 0.2) is 54.3 Å². The Balaban J connectivity index is 2.12. The van der Waals surface area contributed by atoms with Crippen molar-refractivity contribution in [2.75, 3.05) is 0 Å². The fourth-order valence-electron chi connectivity index (χ4n) is 1.98. The van der Waals surface area contributed by atoms with Crippen LogP contribution < -0.4 is 5.73 Å². The molecular formula is C14H16N2O. The van der Waals surface area contributed by atoms with Crippen LogP contribution in [0, 0.1) is 0 Å². The van der Waals surface area contributed by atoms with Crippen molar-refractivity contribution in [3.05, 3.63) is 59.8 Å². The lowest BCUT2D eigenvalue weighted by atomic mass is 10.0. The first kappa shape index (κ1) is 11.5.